The molecular formula is C15H17F3O. The lowest BCUT2D eigenvalue weighted by molar-refractivity contribution is -0.218. The maximum Gasteiger partial charge on any atom is 0.401 e. The van der Waals surface area contributed by atoms with Crippen LogP contribution < -0.4 is 0 Å². The third kappa shape index (κ3) is 3.46. The van der Waals surface area contributed by atoms with Crippen LogP contribution in [0.3, 0.4) is 0 Å². The molecule has 1 unspecified atom stereocenters. The maximum absolute atomic E-state index is 13.4. The van der Waals surface area contributed by atoms with E-state index in [1.54, 1.807) is 37.3 Å². The molecule has 1 aromatic rings. The topological polar surface area (TPSA) is 17.1 Å². The first-order valence-electron chi connectivity index (χ1n) is 6.06. The van der Waals surface area contributed by atoms with Crippen LogP contribution in [0.1, 0.15) is 25.8 Å². The van der Waals surface area contributed by atoms with Crippen LogP contribution >= 0.6 is 0 Å². The van der Waals surface area contributed by atoms with E-state index in [-0.39, 0.29) is 12.8 Å². The summed E-state index contributed by atoms with van der Waals surface area (Å²) in [5.41, 5.74) is -1.82. The van der Waals surface area contributed by atoms with Crippen molar-refractivity contribution >= 4 is 5.78 Å². The van der Waals surface area contributed by atoms with Crippen molar-refractivity contribution in [3.05, 3.63) is 48.0 Å². The van der Waals surface area contributed by atoms with Gasteiger partial charge in [0.1, 0.15) is 11.2 Å². The molecule has 4 heteroatoms. The standard InChI is InChI=1S/C15H17F3O/c1-3-4-10-14(12(2)19,15(16,17)18)11-13-8-6-5-7-9-13/h3-9H,10-11H2,1-2H3/b4-3+. The highest BCUT2D eigenvalue weighted by molar-refractivity contribution is 5.83. The van der Waals surface area contributed by atoms with Crippen molar-refractivity contribution in [2.75, 3.05) is 0 Å². The molecule has 0 amide bonds. The van der Waals surface area contributed by atoms with Gasteiger partial charge in [0.15, 0.2) is 0 Å². The molecule has 19 heavy (non-hydrogen) atoms. The van der Waals surface area contributed by atoms with Gasteiger partial charge < -0.3 is 0 Å². The van der Waals surface area contributed by atoms with E-state index in [0.717, 1.165) is 6.92 Å². The van der Waals surface area contributed by atoms with E-state index < -0.39 is 17.4 Å². The molecular weight excluding hydrogens is 253 g/mol. The molecule has 0 spiro atoms. The molecule has 1 aromatic carbocycles. The molecule has 0 fully saturated rings. The van der Waals surface area contributed by atoms with Crippen molar-refractivity contribution in [1.82, 2.24) is 0 Å². The molecule has 0 bridgehead atoms. The van der Waals surface area contributed by atoms with E-state index in [2.05, 4.69) is 0 Å². The van der Waals surface area contributed by atoms with Crippen LogP contribution in [-0.4, -0.2) is 12.0 Å². The number of hydrogen-bond acceptors (Lipinski definition) is 1. The second-order valence-electron chi connectivity index (χ2n) is 4.57. The number of hydrogen-bond donors (Lipinski definition) is 0. The van der Waals surface area contributed by atoms with Crippen molar-refractivity contribution in [1.29, 1.82) is 0 Å². The molecule has 0 aromatic heterocycles. The van der Waals surface area contributed by atoms with Crippen LogP contribution in [0.5, 0.6) is 0 Å². The number of rotatable bonds is 5. The summed E-state index contributed by atoms with van der Waals surface area (Å²) in [7, 11) is 0. The van der Waals surface area contributed by atoms with Crippen LogP contribution in [-0.2, 0) is 11.2 Å². The summed E-state index contributed by atoms with van der Waals surface area (Å²) in [6.45, 7) is 2.66. The lowest BCUT2D eigenvalue weighted by Crippen LogP contribution is -2.45. The summed E-state index contributed by atoms with van der Waals surface area (Å²) >= 11 is 0. The van der Waals surface area contributed by atoms with Crippen molar-refractivity contribution in [3.63, 3.8) is 0 Å². The highest BCUT2D eigenvalue weighted by Crippen LogP contribution is 2.45. The Balaban J connectivity index is 3.20. The number of ketones is 1. The maximum atomic E-state index is 13.4. The Morgan fingerprint density at radius 2 is 1.79 bits per heavy atom. The first kappa shape index (κ1) is 15.5. The van der Waals surface area contributed by atoms with E-state index in [0.29, 0.717) is 5.56 Å². The molecule has 1 rings (SSSR count). The Morgan fingerprint density at radius 1 is 1.21 bits per heavy atom. The number of carbonyl (C=O) groups excluding carboxylic acids is 1. The fraction of sp³-hybridized carbons (Fsp3) is 0.400. The first-order chi connectivity index (χ1) is 8.83. The SMILES string of the molecule is C/C=C/CC(Cc1ccccc1)(C(C)=O)C(F)(F)F. The predicted molar refractivity (Wildman–Crippen MR) is 68.7 cm³/mol. The highest BCUT2D eigenvalue weighted by atomic mass is 19.4. The number of carbonyl (C=O) groups is 1. The molecule has 0 saturated carbocycles. The summed E-state index contributed by atoms with van der Waals surface area (Å²) in [5, 5.41) is 0. The fourth-order valence-electron chi connectivity index (χ4n) is 2.02. The van der Waals surface area contributed by atoms with Crippen molar-refractivity contribution in [2.45, 2.75) is 32.9 Å². The van der Waals surface area contributed by atoms with Crippen LogP contribution in [0.2, 0.25) is 0 Å². The summed E-state index contributed by atoms with van der Waals surface area (Å²) in [6, 6.07) is 8.30. The van der Waals surface area contributed by atoms with Crippen LogP contribution in [0, 0.1) is 5.41 Å². The van der Waals surface area contributed by atoms with Crippen molar-refractivity contribution in [2.24, 2.45) is 5.41 Å². The van der Waals surface area contributed by atoms with Crippen LogP contribution in [0.25, 0.3) is 0 Å². The fourth-order valence-corrected chi connectivity index (χ4v) is 2.02. The van der Waals surface area contributed by atoms with Gasteiger partial charge in [0.2, 0.25) is 0 Å². The third-order valence-electron chi connectivity index (χ3n) is 3.27. The molecule has 0 saturated heterocycles. The quantitative estimate of drug-likeness (QED) is 0.728. The summed E-state index contributed by atoms with van der Waals surface area (Å²) in [5.74, 6) is -0.845. The van der Waals surface area contributed by atoms with Gasteiger partial charge in [0.05, 0.1) is 0 Å². The Labute approximate surface area is 111 Å². The smallest absolute Gasteiger partial charge is 0.299 e. The zero-order valence-corrected chi connectivity index (χ0v) is 11.0. The zero-order valence-electron chi connectivity index (χ0n) is 11.0. The third-order valence-corrected chi connectivity index (χ3v) is 3.27. The van der Waals surface area contributed by atoms with Gasteiger partial charge in [-0.05, 0) is 32.3 Å². The van der Waals surface area contributed by atoms with Gasteiger partial charge in [-0.3, -0.25) is 4.79 Å². The van der Waals surface area contributed by atoms with Gasteiger partial charge >= 0.3 is 6.18 Å². The Kier molecular flexibility index (Phi) is 4.92. The van der Waals surface area contributed by atoms with Gasteiger partial charge in [-0.15, -0.1) is 0 Å². The molecule has 0 aliphatic carbocycles. The van der Waals surface area contributed by atoms with Gasteiger partial charge in [-0.1, -0.05) is 42.5 Å². The van der Waals surface area contributed by atoms with Gasteiger partial charge in [0, 0.05) is 0 Å². The summed E-state index contributed by atoms with van der Waals surface area (Å²) < 4.78 is 40.1. The van der Waals surface area contributed by atoms with Gasteiger partial charge in [-0.25, -0.2) is 0 Å². The van der Waals surface area contributed by atoms with Gasteiger partial charge in [0.25, 0.3) is 0 Å². The van der Waals surface area contributed by atoms with E-state index in [1.165, 1.54) is 12.2 Å². The first-order valence-corrected chi connectivity index (χ1v) is 6.06. The molecule has 0 radical (unpaired) electrons. The molecule has 0 heterocycles. The predicted octanol–water partition coefficient (Wildman–Crippen LogP) is 4.33. The largest absolute Gasteiger partial charge is 0.401 e. The van der Waals surface area contributed by atoms with Crippen molar-refractivity contribution in [3.8, 4) is 0 Å². The number of Topliss-reactive ketones (excluding diaryl/α,β-unsaturated/α-hetero) is 1. The summed E-state index contributed by atoms with van der Waals surface area (Å²) in [6.07, 6.45) is -2.27. The minimum atomic E-state index is -4.56. The van der Waals surface area contributed by atoms with Crippen LogP contribution in [0.15, 0.2) is 42.5 Å². The lowest BCUT2D eigenvalue weighted by atomic mass is 9.74. The van der Waals surface area contributed by atoms with E-state index in [9.17, 15) is 18.0 Å². The van der Waals surface area contributed by atoms with E-state index in [1.807, 2.05) is 0 Å². The molecule has 1 atom stereocenters. The Morgan fingerprint density at radius 3 is 2.21 bits per heavy atom. The lowest BCUT2D eigenvalue weighted by Gasteiger charge is -2.32. The minimum Gasteiger partial charge on any atom is -0.299 e. The monoisotopic (exact) mass is 270 g/mol. The molecule has 0 aliphatic rings. The summed E-state index contributed by atoms with van der Waals surface area (Å²) in [4.78, 5) is 11.7. The Bertz CT molecular complexity index is 448. The molecule has 1 nitrogen and oxygen atoms in total. The number of halogens is 3. The average Bonchev–Trinajstić information content (AvgIpc) is 2.33. The van der Waals surface area contributed by atoms with Crippen molar-refractivity contribution < 1.29 is 18.0 Å². The van der Waals surface area contributed by atoms with Crippen LogP contribution in [0.4, 0.5) is 13.2 Å². The minimum absolute atomic E-state index is 0.322. The highest BCUT2D eigenvalue weighted by Gasteiger charge is 2.57. The zero-order chi connectivity index (χ0) is 14.5. The number of benzene rings is 1. The number of alkyl halides is 3. The molecule has 0 N–H and O–H groups in total. The van der Waals surface area contributed by atoms with E-state index >= 15 is 0 Å². The molecule has 104 valence electrons. The second kappa shape index (κ2) is 6.04. The second-order valence-corrected chi connectivity index (χ2v) is 4.57. The average molecular weight is 270 g/mol. The normalized spacial score (nSPS) is 15.4. The Hall–Kier alpha value is -1.58. The molecule has 0 aliphatic heterocycles. The van der Waals surface area contributed by atoms with E-state index in [4.69, 9.17) is 0 Å². The number of allylic oxidation sites excluding steroid dienone is 2. The van der Waals surface area contributed by atoms with Gasteiger partial charge in [-0.2, -0.15) is 13.2 Å².